The maximum Gasteiger partial charge on any atom is 0.338 e. The highest BCUT2D eigenvalue weighted by molar-refractivity contribution is 5.94. The van der Waals surface area contributed by atoms with Gasteiger partial charge in [-0.3, -0.25) is 14.7 Å². The Hall–Kier alpha value is -3.68. The van der Waals surface area contributed by atoms with Crippen LogP contribution in [0, 0.1) is 10.1 Å². The number of unbranched alkanes of at least 4 members (excludes halogenated alkanes) is 5. The number of aromatic nitrogens is 2. The number of rotatable bonds is 10. The molecule has 3 aromatic rings. The molecule has 8 nitrogen and oxygen atoms in total. The summed E-state index contributed by atoms with van der Waals surface area (Å²) in [7, 11) is 0. The number of anilines is 1. The number of nitrogens with one attached hydrogen (secondary N) is 1. The van der Waals surface area contributed by atoms with Gasteiger partial charge in [0, 0.05) is 11.8 Å². The van der Waals surface area contributed by atoms with Gasteiger partial charge >= 0.3 is 5.97 Å². The van der Waals surface area contributed by atoms with Crippen molar-refractivity contribution in [1.82, 2.24) is 9.55 Å². The van der Waals surface area contributed by atoms with Crippen molar-refractivity contribution in [3.63, 3.8) is 0 Å². The molecule has 0 unspecified atom stereocenters. The van der Waals surface area contributed by atoms with Gasteiger partial charge in [-0.15, -0.1) is 0 Å². The molecule has 2 heterocycles. The number of ether oxygens (including phenoxy) is 1. The van der Waals surface area contributed by atoms with E-state index in [1.807, 2.05) is 28.8 Å². The lowest BCUT2D eigenvalue weighted by Crippen LogP contribution is -2.29. The Balaban J connectivity index is 1.69. The number of esters is 1. The summed E-state index contributed by atoms with van der Waals surface area (Å²) in [5, 5.41) is 15.1. The Kier molecular flexibility index (Phi) is 7.25. The van der Waals surface area contributed by atoms with E-state index in [0.29, 0.717) is 29.4 Å². The second-order valence-corrected chi connectivity index (χ2v) is 8.58. The van der Waals surface area contributed by atoms with Crippen molar-refractivity contribution in [3.8, 4) is 0 Å². The maximum absolute atomic E-state index is 13.4. The number of nitrogens with zero attached hydrogens (tertiary/aromatic N) is 3. The molecule has 1 N–H and O–H groups in total. The van der Waals surface area contributed by atoms with E-state index in [1.54, 1.807) is 25.1 Å². The molecular weight excluding hydrogens is 432 g/mol. The average Bonchev–Trinajstić information content (AvgIpc) is 3.20. The molecule has 1 aromatic heterocycles. The van der Waals surface area contributed by atoms with E-state index >= 15 is 0 Å². The lowest BCUT2D eigenvalue weighted by Gasteiger charge is -2.30. The van der Waals surface area contributed by atoms with Crippen LogP contribution in [0.15, 0.2) is 59.8 Å². The van der Waals surface area contributed by atoms with Gasteiger partial charge in [0.25, 0.3) is 5.69 Å². The molecule has 0 saturated carbocycles. The molecule has 1 atom stereocenters. The summed E-state index contributed by atoms with van der Waals surface area (Å²) >= 11 is 0. The van der Waals surface area contributed by atoms with E-state index in [-0.39, 0.29) is 5.69 Å². The zero-order valence-corrected chi connectivity index (χ0v) is 19.6. The fourth-order valence-electron chi connectivity index (χ4n) is 4.53. The van der Waals surface area contributed by atoms with Gasteiger partial charge in [-0.1, -0.05) is 63.3 Å². The molecule has 0 amide bonds. The van der Waals surface area contributed by atoms with Crippen molar-refractivity contribution in [2.75, 3.05) is 11.9 Å². The summed E-state index contributed by atoms with van der Waals surface area (Å²) in [6, 6.07) is 13.3. The molecule has 8 heteroatoms. The number of nitro benzene ring substituents is 1. The number of benzene rings is 2. The van der Waals surface area contributed by atoms with Crippen LogP contribution in [-0.4, -0.2) is 27.1 Å². The van der Waals surface area contributed by atoms with Crippen molar-refractivity contribution in [2.24, 2.45) is 0 Å². The number of fused-ring (bicyclic) bond motifs is 3. The van der Waals surface area contributed by atoms with E-state index in [4.69, 9.17) is 4.74 Å². The Morgan fingerprint density at radius 1 is 1.09 bits per heavy atom. The molecule has 0 saturated heterocycles. The highest BCUT2D eigenvalue weighted by Gasteiger charge is 2.38. The van der Waals surface area contributed by atoms with Crippen molar-refractivity contribution in [2.45, 2.75) is 58.4 Å². The van der Waals surface area contributed by atoms with Crippen LogP contribution in [-0.2, 0) is 9.53 Å². The van der Waals surface area contributed by atoms with E-state index in [2.05, 4.69) is 17.2 Å². The van der Waals surface area contributed by atoms with Crippen LogP contribution in [0.2, 0.25) is 0 Å². The summed E-state index contributed by atoms with van der Waals surface area (Å²) in [6.07, 6.45) is 6.52. The molecule has 0 bridgehead atoms. The predicted molar refractivity (Wildman–Crippen MR) is 132 cm³/mol. The molecule has 1 aliphatic heterocycles. The lowest BCUT2D eigenvalue weighted by atomic mass is 9.93. The Labute approximate surface area is 198 Å². The first-order chi connectivity index (χ1) is 16.5. The van der Waals surface area contributed by atoms with Crippen LogP contribution in [0.5, 0.6) is 0 Å². The normalized spacial score (nSPS) is 15.2. The van der Waals surface area contributed by atoms with Crippen LogP contribution in [0.4, 0.5) is 11.6 Å². The number of carbonyl (C=O) groups is 1. The van der Waals surface area contributed by atoms with Gasteiger partial charge < -0.3 is 10.1 Å². The minimum atomic E-state index is -0.734. The van der Waals surface area contributed by atoms with Gasteiger partial charge in [0.2, 0.25) is 5.95 Å². The molecule has 2 aromatic carbocycles. The SMILES string of the molecule is CCCCCCCCOC(=O)C1=C(C)Nc2nc3ccccc3n2[C@@H]1c1ccccc1[N+](=O)[O-]. The molecule has 34 heavy (non-hydrogen) atoms. The first-order valence-corrected chi connectivity index (χ1v) is 11.9. The summed E-state index contributed by atoms with van der Waals surface area (Å²) in [6.45, 7) is 4.28. The summed E-state index contributed by atoms with van der Waals surface area (Å²) in [5.74, 6) is 0.0689. The lowest BCUT2D eigenvalue weighted by molar-refractivity contribution is -0.385. The van der Waals surface area contributed by atoms with Crippen molar-refractivity contribution < 1.29 is 14.5 Å². The van der Waals surface area contributed by atoms with Crippen LogP contribution in [0.25, 0.3) is 11.0 Å². The molecule has 178 valence electrons. The van der Waals surface area contributed by atoms with E-state index < -0.39 is 16.9 Å². The standard InChI is InChI=1S/C26H30N4O4/c1-3-4-5-6-7-12-17-34-25(31)23-18(2)27-26-28-20-14-9-11-16-22(20)29(26)24(23)19-13-8-10-15-21(19)30(32)33/h8-11,13-16,24H,3-7,12,17H2,1-2H3,(H,27,28)/t24-/m1/s1. The second-order valence-electron chi connectivity index (χ2n) is 8.58. The van der Waals surface area contributed by atoms with E-state index in [9.17, 15) is 14.9 Å². The van der Waals surface area contributed by atoms with E-state index in [0.717, 1.165) is 30.3 Å². The minimum absolute atomic E-state index is 0.0489. The largest absolute Gasteiger partial charge is 0.462 e. The molecule has 0 aliphatic carbocycles. The van der Waals surface area contributed by atoms with Crippen LogP contribution in [0.1, 0.15) is 64.0 Å². The highest BCUT2D eigenvalue weighted by Crippen LogP contribution is 2.42. The van der Waals surface area contributed by atoms with Gasteiger partial charge in [-0.2, -0.15) is 0 Å². The number of allylic oxidation sites excluding steroid dienone is 1. The number of imidazole rings is 1. The monoisotopic (exact) mass is 462 g/mol. The highest BCUT2D eigenvalue weighted by atomic mass is 16.6. The third-order valence-corrected chi connectivity index (χ3v) is 6.21. The van der Waals surface area contributed by atoms with Gasteiger partial charge in [-0.05, 0) is 31.5 Å². The first kappa shape index (κ1) is 23.5. The molecular formula is C26H30N4O4. The van der Waals surface area contributed by atoms with Gasteiger partial charge in [0.05, 0.1) is 33.7 Å². The third kappa shape index (κ3) is 4.66. The maximum atomic E-state index is 13.4. The quantitative estimate of drug-likeness (QED) is 0.168. The third-order valence-electron chi connectivity index (χ3n) is 6.21. The van der Waals surface area contributed by atoms with Gasteiger partial charge in [0.1, 0.15) is 6.04 Å². The fraction of sp³-hybridized carbons (Fsp3) is 0.385. The predicted octanol–water partition coefficient (Wildman–Crippen LogP) is 6.14. The Morgan fingerprint density at radius 3 is 2.59 bits per heavy atom. The number of carbonyl (C=O) groups excluding carboxylic acids is 1. The van der Waals surface area contributed by atoms with E-state index in [1.165, 1.54) is 25.3 Å². The van der Waals surface area contributed by atoms with Crippen LogP contribution < -0.4 is 5.32 Å². The summed E-state index contributed by atoms with van der Waals surface area (Å²) < 4.78 is 7.53. The van der Waals surface area contributed by atoms with Crippen LogP contribution >= 0.6 is 0 Å². The van der Waals surface area contributed by atoms with Gasteiger partial charge in [0.15, 0.2) is 0 Å². The minimum Gasteiger partial charge on any atom is -0.462 e. The number of hydrogen-bond acceptors (Lipinski definition) is 6. The fourth-order valence-corrected chi connectivity index (χ4v) is 4.53. The Morgan fingerprint density at radius 2 is 1.79 bits per heavy atom. The zero-order valence-electron chi connectivity index (χ0n) is 19.6. The molecule has 4 rings (SSSR count). The number of para-hydroxylation sites is 3. The van der Waals surface area contributed by atoms with Crippen molar-refractivity contribution in [3.05, 3.63) is 75.5 Å². The van der Waals surface area contributed by atoms with Crippen LogP contribution in [0.3, 0.4) is 0 Å². The number of hydrogen-bond donors (Lipinski definition) is 1. The van der Waals surface area contributed by atoms with Gasteiger partial charge in [-0.25, -0.2) is 9.78 Å². The average molecular weight is 463 g/mol. The summed E-state index contributed by atoms with van der Waals surface area (Å²) in [5.41, 5.74) is 2.83. The number of nitro groups is 1. The summed E-state index contributed by atoms with van der Waals surface area (Å²) in [4.78, 5) is 29.5. The topological polar surface area (TPSA) is 99.3 Å². The molecule has 0 fully saturated rings. The first-order valence-electron chi connectivity index (χ1n) is 11.9. The molecule has 1 aliphatic rings. The molecule has 0 spiro atoms. The van der Waals surface area contributed by atoms with Crippen molar-refractivity contribution in [1.29, 1.82) is 0 Å². The Bertz CT molecular complexity index is 1230. The zero-order chi connectivity index (χ0) is 24.1. The molecule has 0 radical (unpaired) electrons. The smallest absolute Gasteiger partial charge is 0.338 e. The van der Waals surface area contributed by atoms with Crippen molar-refractivity contribution >= 4 is 28.6 Å². The second kappa shape index (κ2) is 10.5.